The fourth-order valence-corrected chi connectivity index (χ4v) is 2.49. The molecule has 0 aliphatic carbocycles. The van der Waals surface area contributed by atoms with Gasteiger partial charge in [0, 0.05) is 25.3 Å². The first-order valence-electron chi connectivity index (χ1n) is 9.37. The van der Waals surface area contributed by atoms with Crippen LogP contribution in [0.1, 0.15) is 45.2 Å². The van der Waals surface area contributed by atoms with Gasteiger partial charge in [-0.3, -0.25) is 4.99 Å². The van der Waals surface area contributed by atoms with Crippen LogP contribution in [0, 0.1) is 0 Å². The molecule has 0 heterocycles. The molecule has 146 valence electrons. The van der Waals surface area contributed by atoms with E-state index in [1.807, 2.05) is 27.8 Å². The number of hydrogen-bond acceptors (Lipinski definition) is 3. The molecule has 0 fully saturated rings. The molecule has 27 heavy (non-hydrogen) atoms. The number of benzene rings is 1. The molecule has 0 spiro atoms. The van der Waals surface area contributed by atoms with Gasteiger partial charge in [0.1, 0.15) is 6.34 Å². The smallest absolute Gasteiger partial charge is 0.110 e. The first-order chi connectivity index (χ1) is 12.7. The molecule has 4 heteroatoms. The molecular weight excluding hydrogens is 332 g/mol. The predicted octanol–water partition coefficient (Wildman–Crippen LogP) is 5.29. The maximum Gasteiger partial charge on any atom is 0.110 e. The quantitative estimate of drug-likeness (QED) is 0.317. The number of aliphatic imine (C=N–C) groups is 2. The van der Waals surface area contributed by atoms with E-state index in [9.17, 15) is 0 Å². The molecule has 1 aromatic carbocycles. The van der Waals surface area contributed by atoms with E-state index in [0.29, 0.717) is 6.54 Å². The van der Waals surface area contributed by atoms with E-state index < -0.39 is 0 Å². The lowest BCUT2D eigenvalue weighted by Gasteiger charge is -2.15. The molecule has 0 aliphatic rings. The lowest BCUT2D eigenvalue weighted by Crippen LogP contribution is -2.20. The van der Waals surface area contributed by atoms with Gasteiger partial charge in [0.05, 0.1) is 11.4 Å². The average Bonchev–Trinajstić information content (AvgIpc) is 2.61. The fraction of sp³-hybridized carbons (Fsp3) is 0.391. The Labute approximate surface area is 164 Å². The Balaban J connectivity index is 2.81. The second kappa shape index (κ2) is 11.2. The van der Waals surface area contributed by atoms with Crippen LogP contribution in [0.15, 0.2) is 64.8 Å². The zero-order chi connectivity index (χ0) is 20.4. The molecule has 0 radical (unpaired) electrons. The number of hydrogen-bond donors (Lipinski definition) is 2. The summed E-state index contributed by atoms with van der Waals surface area (Å²) < 4.78 is 0. The Morgan fingerprint density at radius 2 is 1.89 bits per heavy atom. The van der Waals surface area contributed by atoms with Crippen LogP contribution in [-0.4, -0.2) is 25.1 Å². The third kappa shape index (κ3) is 8.07. The lowest BCUT2D eigenvalue weighted by molar-refractivity contribution is 0.837. The summed E-state index contributed by atoms with van der Waals surface area (Å²) in [6, 6.07) is 6.71. The highest BCUT2D eigenvalue weighted by molar-refractivity contribution is 6.13. The van der Waals surface area contributed by atoms with Crippen LogP contribution in [-0.2, 0) is 13.0 Å². The molecule has 0 atom stereocenters. The van der Waals surface area contributed by atoms with E-state index >= 15 is 0 Å². The summed E-state index contributed by atoms with van der Waals surface area (Å²) in [7, 11) is 1.95. The van der Waals surface area contributed by atoms with E-state index in [0.717, 1.165) is 35.5 Å². The van der Waals surface area contributed by atoms with Crippen LogP contribution < -0.4 is 10.6 Å². The maximum absolute atomic E-state index is 4.41. The normalized spacial score (nSPS) is 11.7. The number of aryl methyl sites for hydroxylation is 1. The summed E-state index contributed by atoms with van der Waals surface area (Å²) in [6.07, 6.45) is 3.57. The van der Waals surface area contributed by atoms with Gasteiger partial charge in [0.2, 0.25) is 0 Å². The molecule has 0 aromatic heterocycles. The Bertz CT molecular complexity index is 739. The Morgan fingerprint density at radius 3 is 2.44 bits per heavy atom. The minimum Gasteiger partial charge on any atom is -0.388 e. The van der Waals surface area contributed by atoms with Gasteiger partial charge < -0.3 is 10.6 Å². The number of nitrogens with one attached hydrogen (secondary N) is 2. The van der Waals surface area contributed by atoms with Crippen molar-refractivity contribution in [2.24, 2.45) is 9.98 Å². The highest BCUT2D eigenvalue weighted by Crippen LogP contribution is 2.20. The van der Waals surface area contributed by atoms with Crippen molar-refractivity contribution < 1.29 is 0 Å². The molecule has 0 bridgehead atoms. The van der Waals surface area contributed by atoms with Crippen molar-refractivity contribution in [2.75, 3.05) is 12.4 Å². The van der Waals surface area contributed by atoms with Gasteiger partial charge in [0.15, 0.2) is 0 Å². The van der Waals surface area contributed by atoms with Crippen molar-refractivity contribution in [2.45, 2.75) is 53.1 Å². The second-order valence-electron chi connectivity index (χ2n) is 7.15. The molecule has 1 rings (SSSR count). The molecule has 0 amide bonds. The average molecular weight is 367 g/mol. The van der Waals surface area contributed by atoms with Crippen LogP contribution in [0.2, 0.25) is 0 Å². The van der Waals surface area contributed by atoms with E-state index in [2.05, 4.69) is 65.5 Å². The Kier molecular flexibility index (Phi) is 9.27. The monoisotopic (exact) mass is 366 g/mol. The molecule has 0 saturated carbocycles. The predicted molar refractivity (Wildman–Crippen MR) is 121 cm³/mol. The van der Waals surface area contributed by atoms with Crippen molar-refractivity contribution in [3.8, 4) is 0 Å². The number of anilines is 1. The van der Waals surface area contributed by atoms with Gasteiger partial charge in [-0.05, 0) is 63.3 Å². The van der Waals surface area contributed by atoms with Gasteiger partial charge in [-0.2, -0.15) is 0 Å². The van der Waals surface area contributed by atoms with Crippen LogP contribution in [0.25, 0.3) is 0 Å². The largest absolute Gasteiger partial charge is 0.388 e. The van der Waals surface area contributed by atoms with Gasteiger partial charge in [-0.1, -0.05) is 30.9 Å². The van der Waals surface area contributed by atoms with Crippen LogP contribution >= 0.6 is 0 Å². The van der Waals surface area contributed by atoms with Crippen LogP contribution in [0.3, 0.4) is 0 Å². The zero-order valence-corrected chi connectivity index (χ0v) is 17.5. The fourth-order valence-electron chi connectivity index (χ4n) is 2.49. The van der Waals surface area contributed by atoms with Crippen molar-refractivity contribution >= 4 is 17.7 Å². The van der Waals surface area contributed by atoms with E-state index in [1.54, 1.807) is 6.34 Å². The number of allylic oxidation sites excluding steroid dienone is 2. The molecule has 2 N–H and O–H groups in total. The topological polar surface area (TPSA) is 48.8 Å². The zero-order valence-electron chi connectivity index (χ0n) is 17.5. The van der Waals surface area contributed by atoms with Crippen LogP contribution in [0.5, 0.6) is 0 Å². The molecule has 0 unspecified atom stereocenters. The van der Waals surface area contributed by atoms with E-state index in [4.69, 9.17) is 0 Å². The molecular formula is C23H34N4. The summed E-state index contributed by atoms with van der Waals surface area (Å²) in [5.74, 6) is 0. The van der Waals surface area contributed by atoms with E-state index in [1.165, 1.54) is 16.7 Å². The summed E-state index contributed by atoms with van der Waals surface area (Å²) in [4.78, 5) is 8.68. The minimum atomic E-state index is 0.213. The number of rotatable bonds is 11. The van der Waals surface area contributed by atoms with E-state index in [-0.39, 0.29) is 6.04 Å². The summed E-state index contributed by atoms with van der Waals surface area (Å²) >= 11 is 0. The first kappa shape index (κ1) is 22.4. The maximum atomic E-state index is 4.41. The van der Waals surface area contributed by atoms with Crippen molar-refractivity contribution in [3.05, 3.63) is 65.9 Å². The molecule has 0 aliphatic heterocycles. The van der Waals surface area contributed by atoms with Crippen molar-refractivity contribution in [3.63, 3.8) is 0 Å². The minimum absolute atomic E-state index is 0.213. The summed E-state index contributed by atoms with van der Waals surface area (Å²) in [6.45, 7) is 20.8. The first-order valence-corrected chi connectivity index (χ1v) is 9.37. The van der Waals surface area contributed by atoms with Gasteiger partial charge in [-0.15, -0.1) is 6.58 Å². The lowest BCUT2D eigenvalue weighted by atomic mass is 10.0. The molecule has 0 saturated heterocycles. The highest BCUT2D eigenvalue weighted by Gasteiger charge is 2.07. The van der Waals surface area contributed by atoms with Gasteiger partial charge >= 0.3 is 0 Å². The standard InChI is InChI=1S/C23H34N4/c1-16(2)9-11-21-12-10-20(13-22(21)24-8)14-25-19(7)23(17(3)4)27-15-26-18(5)6/h10,12-13,15,18,24-25H,1,3,7,9,11,14H2,2,4-6,8H3. The van der Waals surface area contributed by atoms with Crippen molar-refractivity contribution in [1.82, 2.24) is 5.32 Å². The molecule has 4 nitrogen and oxygen atoms in total. The van der Waals surface area contributed by atoms with Gasteiger partial charge in [-0.25, -0.2) is 4.99 Å². The Hall–Kier alpha value is -2.62. The van der Waals surface area contributed by atoms with Crippen molar-refractivity contribution in [1.29, 1.82) is 0 Å². The number of nitrogens with zero attached hydrogens (tertiary/aromatic N) is 2. The molecule has 1 aromatic rings. The second-order valence-corrected chi connectivity index (χ2v) is 7.15. The summed E-state index contributed by atoms with van der Waals surface area (Å²) in [5, 5.41) is 6.64. The highest BCUT2D eigenvalue weighted by atomic mass is 14.9. The summed E-state index contributed by atoms with van der Waals surface area (Å²) in [5.41, 5.74) is 7.18. The SMILES string of the molecule is C=C(C)CCc1ccc(CNC(=C)C(=NC=NC(C)C)C(=C)C)cc1NC. The third-order valence-electron chi connectivity index (χ3n) is 4.01. The van der Waals surface area contributed by atoms with Crippen LogP contribution in [0.4, 0.5) is 5.69 Å². The Morgan fingerprint density at radius 1 is 1.19 bits per heavy atom. The van der Waals surface area contributed by atoms with Gasteiger partial charge in [0.25, 0.3) is 0 Å². The third-order valence-corrected chi connectivity index (χ3v) is 4.01.